The topological polar surface area (TPSA) is 19.0 Å². The molecular formula is C19H21ClFN3OS. The molecule has 0 spiro atoms. The van der Waals surface area contributed by atoms with E-state index in [2.05, 4.69) is 21.2 Å². The molecule has 0 saturated carbocycles. The third kappa shape index (κ3) is 3.59. The number of nitrogens with zero attached hydrogens (tertiary/aromatic N) is 3. The first-order chi connectivity index (χ1) is 12.6. The summed E-state index contributed by atoms with van der Waals surface area (Å²) in [6, 6.07) is 10.7. The molecule has 0 bridgehead atoms. The summed E-state index contributed by atoms with van der Waals surface area (Å²) in [6.07, 6.45) is 0. The van der Waals surface area contributed by atoms with E-state index in [4.69, 9.17) is 16.3 Å². The van der Waals surface area contributed by atoms with Gasteiger partial charge in [0.05, 0.1) is 22.8 Å². The number of likely N-dealkylation sites (N-methyl/N-ethyl adjacent to an activating group) is 1. The van der Waals surface area contributed by atoms with Gasteiger partial charge in [-0.1, -0.05) is 23.7 Å². The molecule has 2 heterocycles. The molecule has 0 aromatic heterocycles. The predicted octanol–water partition coefficient (Wildman–Crippen LogP) is 4.14. The molecule has 26 heavy (non-hydrogen) atoms. The van der Waals surface area contributed by atoms with Gasteiger partial charge in [0.15, 0.2) is 5.75 Å². The summed E-state index contributed by atoms with van der Waals surface area (Å²) in [4.78, 5) is 5.23. The van der Waals surface area contributed by atoms with Crippen molar-refractivity contribution < 1.29 is 9.13 Å². The maximum Gasteiger partial charge on any atom is 0.166 e. The van der Waals surface area contributed by atoms with Gasteiger partial charge in [0, 0.05) is 31.2 Å². The lowest BCUT2D eigenvalue weighted by molar-refractivity contribution is 0.302. The fraction of sp³-hybridized carbons (Fsp3) is 0.368. The second kappa shape index (κ2) is 7.55. The number of benzene rings is 2. The molecule has 4 rings (SSSR count). The van der Waals surface area contributed by atoms with E-state index in [1.54, 1.807) is 12.1 Å². The van der Waals surface area contributed by atoms with Crippen LogP contribution in [-0.4, -0.2) is 51.3 Å². The van der Waals surface area contributed by atoms with Crippen molar-refractivity contribution in [2.45, 2.75) is 4.90 Å². The number of hydrogen-bond donors (Lipinski definition) is 0. The summed E-state index contributed by atoms with van der Waals surface area (Å²) in [7, 11) is 2.13. The zero-order valence-electron chi connectivity index (χ0n) is 14.6. The van der Waals surface area contributed by atoms with Crippen LogP contribution in [0, 0.1) is 5.82 Å². The van der Waals surface area contributed by atoms with Gasteiger partial charge < -0.3 is 18.8 Å². The summed E-state index contributed by atoms with van der Waals surface area (Å²) in [5.41, 5.74) is 1.94. The molecule has 1 fully saturated rings. The number of anilines is 2. The van der Waals surface area contributed by atoms with Crippen LogP contribution in [0.25, 0.3) is 0 Å². The van der Waals surface area contributed by atoms with Crippen molar-refractivity contribution in [1.82, 2.24) is 4.90 Å². The highest BCUT2D eigenvalue weighted by atomic mass is 35.5. The molecular weight excluding hydrogens is 373 g/mol. The van der Waals surface area contributed by atoms with Gasteiger partial charge in [-0.15, -0.1) is 0 Å². The molecule has 0 N–H and O–H groups in total. The predicted molar refractivity (Wildman–Crippen MR) is 106 cm³/mol. The second-order valence-corrected chi connectivity index (χ2v) is 8.04. The van der Waals surface area contributed by atoms with E-state index in [0.29, 0.717) is 23.1 Å². The smallest absolute Gasteiger partial charge is 0.166 e. The van der Waals surface area contributed by atoms with Gasteiger partial charge in [-0.05, 0) is 43.3 Å². The first kappa shape index (κ1) is 17.8. The van der Waals surface area contributed by atoms with Crippen LogP contribution < -0.4 is 13.9 Å². The quantitative estimate of drug-likeness (QED) is 0.728. The Kier molecular flexibility index (Phi) is 5.16. The van der Waals surface area contributed by atoms with Crippen molar-refractivity contribution in [1.29, 1.82) is 0 Å². The number of piperazine rings is 1. The lowest BCUT2D eigenvalue weighted by Crippen LogP contribution is -2.45. The summed E-state index contributed by atoms with van der Waals surface area (Å²) in [5.74, 6) is 0.626. The third-order valence-electron chi connectivity index (χ3n) is 4.71. The van der Waals surface area contributed by atoms with E-state index in [-0.39, 0.29) is 5.82 Å². The summed E-state index contributed by atoms with van der Waals surface area (Å²) >= 11 is 7.82. The van der Waals surface area contributed by atoms with E-state index in [1.807, 2.05) is 18.2 Å². The zero-order chi connectivity index (χ0) is 18.1. The van der Waals surface area contributed by atoms with E-state index in [9.17, 15) is 4.39 Å². The molecule has 0 amide bonds. The highest BCUT2D eigenvalue weighted by molar-refractivity contribution is 8.00. The second-order valence-electron chi connectivity index (χ2n) is 6.54. The highest BCUT2D eigenvalue weighted by Gasteiger charge is 2.27. The maximum absolute atomic E-state index is 14.1. The van der Waals surface area contributed by atoms with Gasteiger partial charge in [-0.25, -0.2) is 4.39 Å². The van der Waals surface area contributed by atoms with Crippen molar-refractivity contribution in [3.05, 3.63) is 47.2 Å². The maximum atomic E-state index is 14.1. The van der Waals surface area contributed by atoms with Gasteiger partial charge in [-0.3, -0.25) is 0 Å². The number of rotatable bonds is 3. The SMILES string of the molecule is CN1CCN(c2cc(Cl)cc3c2OCCN3Sc2ccccc2F)CC1. The van der Waals surface area contributed by atoms with Crippen LogP contribution in [0.4, 0.5) is 15.8 Å². The van der Waals surface area contributed by atoms with Crippen LogP contribution in [0.5, 0.6) is 5.75 Å². The molecule has 0 atom stereocenters. The van der Waals surface area contributed by atoms with Crippen LogP contribution >= 0.6 is 23.5 Å². The first-order valence-corrected chi connectivity index (χ1v) is 9.87. The number of halogens is 2. The van der Waals surface area contributed by atoms with Crippen LogP contribution in [-0.2, 0) is 0 Å². The average Bonchev–Trinajstić information content (AvgIpc) is 2.64. The molecule has 0 unspecified atom stereocenters. The molecule has 0 aliphatic carbocycles. The minimum absolute atomic E-state index is 0.216. The molecule has 4 nitrogen and oxygen atoms in total. The van der Waals surface area contributed by atoms with Crippen LogP contribution in [0.2, 0.25) is 5.02 Å². The van der Waals surface area contributed by atoms with Gasteiger partial charge in [-0.2, -0.15) is 0 Å². The van der Waals surface area contributed by atoms with Crippen molar-refractivity contribution in [2.24, 2.45) is 0 Å². The first-order valence-electron chi connectivity index (χ1n) is 8.72. The standard InChI is InChI=1S/C19H21ClFN3OS/c1-22-6-8-23(9-7-22)16-12-14(20)13-17-19(16)25-11-10-24(17)26-18-5-3-2-4-15(18)21/h2-5,12-13H,6-11H2,1H3. The number of ether oxygens (including phenoxy) is 1. The van der Waals surface area contributed by atoms with E-state index >= 15 is 0 Å². The summed E-state index contributed by atoms with van der Waals surface area (Å²) < 4.78 is 22.2. The molecule has 1 saturated heterocycles. The Morgan fingerprint density at radius 3 is 2.54 bits per heavy atom. The van der Waals surface area contributed by atoms with Gasteiger partial charge in [0.2, 0.25) is 0 Å². The van der Waals surface area contributed by atoms with Crippen molar-refractivity contribution in [3.8, 4) is 5.75 Å². The van der Waals surface area contributed by atoms with Gasteiger partial charge in [0.1, 0.15) is 12.4 Å². The van der Waals surface area contributed by atoms with Crippen LogP contribution in [0.1, 0.15) is 0 Å². The van der Waals surface area contributed by atoms with Gasteiger partial charge >= 0.3 is 0 Å². The van der Waals surface area contributed by atoms with Crippen molar-refractivity contribution >= 4 is 34.9 Å². The monoisotopic (exact) mass is 393 g/mol. The van der Waals surface area contributed by atoms with Crippen molar-refractivity contribution in [3.63, 3.8) is 0 Å². The lowest BCUT2D eigenvalue weighted by Gasteiger charge is -2.38. The molecule has 2 aliphatic heterocycles. The van der Waals surface area contributed by atoms with E-state index < -0.39 is 0 Å². The Morgan fingerprint density at radius 2 is 1.77 bits per heavy atom. The van der Waals surface area contributed by atoms with Crippen LogP contribution in [0.3, 0.4) is 0 Å². The fourth-order valence-electron chi connectivity index (χ4n) is 3.26. The number of fused-ring (bicyclic) bond motifs is 1. The summed E-state index contributed by atoms with van der Waals surface area (Å²) in [5, 5.41) is 0.669. The van der Waals surface area contributed by atoms with Crippen LogP contribution in [0.15, 0.2) is 41.3 Å². The Balaban J connectivity index is 1.66. The van der Waals surface area contributed by atoms with E-state index in [1.165, 1.54) is 18.0 Å². The molecule has 7 heteroatoms. The lowest BCUT2D eigenvalue weighted by atomic mass is 10.2. The molecule has 2 aromatic carbocycles. The van der Waals surface area contributed by atoms with Crippen molar-refractivity contribution in [2.75, 3.05) is 55.6 Å². The summed E-state index contributed by atoms with van der Waals surface area (Å²) in [6.45, 7) is 5.13. The third-order valence-corrected chi connectivity index (χ3v) is 6.06. The minimum Gasteiger partial charge on any atom is -0.487 e. The minimum atomic E-state index is -0.216. The van der Waals surface area contributed by atoms with E-state index in [0.717, 1.165) is 43.3 Å². The Hall–Kier alpha value is -1.63. The molecule has 138 valence electrons. The highest BCUT2D eigenvalue weighted by Crippen LogP contribution is 2.46. The Bertz CT molecular complexity index is 798. The molecule has 2 aromatic rings. The van der Waals surface area contributed by atoms with Gasteiger partial charge in [0.25, 0.3) is 0 Å². The molecule has 2 aliphatic rings. The molecule has 0 radical (unpaired) electrons. The Morgan fingerprint density at radius 1 is 1.04 bits per heavy atom. The normalized spacial score (nSPS) is 17.8. The average molecular weight is 394 g/mol. The number of hydrogen-bond acceptors (Lipinski definition) is 5. The Labute approximate surface area is 162 Å². The zero-order valence-corrected chi connectivity index (χ0v) is 16.2. The largest absolute Gasteiger partial charge is 0.487 e. The fourth-order valence-corrected chi connectivity index (χ4v) is 4.40.